The van der Waals surface area contributed by atoms with Crippen molar-refractivity contribution in [1.29, 1.82) is 0 Å². The number of allylic oxidation sites excluding steroid dienone is 8. The van der Waals surface area contributed by atoms with Gasteiger partial charge in [0.05, 0.1) is 18.6 Å². The van der Waals surface area contributed by atoms with Gasteiger partial charge in [0.15, 0.2) is 0 Å². The Morgan fingerprint density at radius 3 is 2.23 bits per heavy atom. The van der Waals surface area contributed by atoms with Crippen LogP contribution in [0.25, 0.3) is 0 Å². The van der Waals surface area contributed by atoms with Gasteiger partial charge in [-0.05, 0) is 92.8 Å². The molecule has 0 unspecified atom stereocenters. The van der Waals surface area contributed by atoms with Crippen LogP contribution in [0.3, 0.4) is 0 Å². The van der Waals surface area contributed by atoms with Crippen molar-refractivity contribution >= 4 is 11.8 Å². The Bertz CT molecular complexity index is 1330. The minimum absolute atomic E-state index is 0. The average molecular weight is 664 g/mol. The van der Waals surface area contributed by atoms with Crippen LogP contribution in [0.1, 0.15) is 80.6 Å². The standard InChI is InChI=1S/C11H15N.C6H9N.C6H11N.C5H6N2O.C5H8O.C5H8S.CH4/c1-8-3-6-11-10(7-8)5-4-9(2)12-11;1-5-3-4-7-6(5)2;1-6-3-2-4-7-5-6;1-7-3-2-6-4-5(7)8;2*1-5-3-2-4-6-5;/h4-5,8,12H,2-3,6-7H2,1H3;3-5,7H,2H2,1H3;2,4,6-7H,3,5H2,1H3;2-4H,1H3;2,4-5H,3H2,1H3;3H,2,4H2,1H3;1H4/t8-;5-;6-;;5-;;/m001.0../s1. The van der Waals surface area contributed by atoms with Crippen LogP contribution in [-0.2, 0) is 11.8 Å². The summed E-state index contributed by atoms with van der Waals surface area (Å²) in [4.78, 5) is 15.6. The van der Waals surface area contributed by atoms with Crippen LogP contribution in [0.5, 0.6) is 0 Å². The molecule has 1 aromatic rings. The van der Waals surface area contributed by atoms with Crippen molar-refractivity contribution < 1.29 is 4.74 Å². The van der Waals surface area contributed by atoms with E-state index in [2.05, 4.69) is 99.1 Å². The van der Waals surface area contributed by atoms with Gasteiger partial charge in [-0.15, -0.1) is 11.8 Å². The zero-order valence-corrected chi connectivity index (χ0v) is 29.7. The molecule has 0 aromatic carbocycles. The third-order valence-electron chi connectivity index (χ3n) is 7.75. The number of nitrogens with zero attached hydrogens (tertiary/aromatic N) is 2. The lowest BCUT2D eigenvalue weighted by atomic mass is 9.86. The van der Waals surface area contributed by atoms with E-state index in [0.717, 1.165) is 36.2 Å². The van der Waals surface area contributed by atoms with Gasteiger partial charge in [0.2, 0.25) is 0 Å². The molecule has 0 saturated carbocycles. The van der Waals surface area contributed by atoms with Crippen molar-refractivity contribution in [3.05, 3.63) is 125 Å². The number of hydrogen-bond acceptors (Lipinski definition) is 7. The summed E-state index contributed by atoms with van der Waals surface area (Å²) in [6.45, 7) is 19.7. The molecule has 6 aliphatic rings. The van der Waals surface area contributed by atoms with Crippen LogP contribution < -0.4 is 21.5 Å². The number of aromatic nitrogens is 2. The van der Waals surface area contributed by atoms with E-state index in [1.165, 1.54) is 64.8 Å². The van der Waals surface area contributed by atoms with Crippen LogP contribution in [0.15, 0.2) is 119 Å². The fraction of sp³-hybridized carbons (Fsp3) is 0.487. The molecule has 6 heterocycles. The summed E-state index contributed by atoms with van der Waals surface area (Å²) in [5.74, 6) is 3.53. The highest BCUT2D eigenvalue weighted by atomic mass is 32.2. The molecule has 0 fully saturated rings. The molecule has 1 aromatic heterocycles. The monoisotopic (exact) mass is 663 g/mol. The van der Waals surface area contributed by atoms with Gasteiger partial charge >= 0.3 is 0 Å². The van der Waals surface area contributed by atoms with Gasteiger partial charge in [-0.3, -0.25) is 9.78 Å². The molecule has 7 rings (SSSR count). The molecule has 3 N–H and O–H groups in total. The Balaban J connectivity index is 0.000000287. The molecular formula is C39H61N5O2S. The Labute approximate surface area is 289 Å². The van der Waals surface area contributed by atoms with E-state index in [4.69, 9.17) is 4.74 Å². The van der Waals surface area contributed by atoms with Crippen LogP contribution in [-0.4, -0.2) is 28.0 Å². The lowest BCUT2D eigenvalue weighted by Gasteiger charge is -2.27. The van der Waals surface area contributed by atoms with E-state index in [1.54, 1.807) is 25.7 Å². The third kappa shape index (κ3) is 18.3. The molecule has 8 heteroatoms. The summed E-state index contributed by atoms with van der Waals surface area (Å²) in [5, 5.41) is 9.49. The first kappa shape index (κ1) is 41.4. The Morgan fingerprint density at radius 2 is 1.85 bits per heavy atom. The first-order valence-corrected chi connectivity index (χ1v) is 17.5. The first-order chi connectivity index (χ1) is 22.0. The largest absolute Gasteiger partial charge is 0.498 e. The van der Waals surface area contributed by atoms with Crippen molar-refractivity contribution in [2.45, 2.75) is 86.7 Å². The van der Waals surface area contributed by atoms with Crippen LogP contribution in [0, 0.1) is 17.8 Å². The Morgan fingerprint density at radius 1 is 1.06 bits per heavy atom. The zero-order chi connectivity index (χ0) is 33.7. The summed E-state index contributed by atoms with van der Waals surface area (Å²) in [7, 11) is 1.68. The quantitative estimate of drug-likeness (QED) is 0.256. The maximum atomic E-state index is 10.5. The Kier molecular flexibility index (Phi) is 20.8. The van der Waals surface area contributed by atoms with Gasteiger partial charge in [0, 0.05) is 61.2 Å². The maximum absolute atomic E-state index is 10.5. The number of ether oxygens (including phenoxy) is 1. The summed E-state index contributed by atoms with van der Waals surface area (Å²) >= 11 is 1.96. The average Bonchev–Trinajstić information content (AvgIpc) is 3.82. The molecule has 0 spiro atoms. The predicted octanol–water partition coefficient (Wildman–Crippen LogP) is 8.87. The van der Waals surface area contributed by atoms with Gasteiger partial charge in [-0.25, -0.2) is 0 Å². The molecule has 0 amide bonds. The van der Waals surface area contributed by atoms with E-state index in [1.807, 2.05) is 30.2 Å². The molecule has 1 aliphatic carbocycles. The van der Waals surface area contributed by atoms with E-state index in [9.17, 15) is 4.79 Å². The lowest BCUT2D eigenvalue weighted by molar-refractivity contribution is 0.189. The predicted molar refractivity (Wildman–Crippen MR) is 204 cm³/mol. The fourth-order valence-electron chi connectivity index (χ4n) is 4.63. The molecule has 260 valence electrons. The summed E-state index contributed by atoms with van der Waals surface area (Å²) in [6, 6.07) is 0. The smallest absolute Gasteiger partial charge is 0.268 e. The highest BCUT2D eigenvalue weighted by Crippen LogP contribution is 2.31. The fourth-order valence-corrected chi connectivity index (χ4v) is 5.42. The van der Waals surface area contributed by atoms with E-state index in [0.29, 0.717) is 12.0 Å². The highest BCUT2D eigenvalue weighted by molar-refractivity contribution is 8.03. The van der Waals surface area contributed by atoms with Gasteiger partial charge in [-0.1, -0.05) is 65.7 Å². The highest BCUT2D eigenvalue weighted by Gasteiger charge is 2.18. The summed E-state index contributed by atoms with van der Waals surface area (Å²) < 4.78 is 6.44. The summed E-state index contributed by atoms with van der Waals surface area (Å²) in [5.41, 5.74) is 4.94. The van der Waals surface area contributed by atoms with Crippen LogP contribution >= 0.6 is 11.8 Å². The van der Waals surface area contributed by atoms with E-state index in [-0.39, 0.29) is 13.0 Å². The zero-order valence-electron chi connectivity index (χ0n) is 28.9. The van der Waals surface area contributed by atoms with Gasteiger partial charge in [0.1, 0.15) is 0 Å². The topological polar surface area (TPSA) is 80.2 Å². The molecule has 0 saturated heterocycles. The number of rotatable bonds is 0. The second kappa shape index (κ2) is 23.6. The van der Waals surface area contributed by atoms with Crippen molar-refractivity contribution in [2.75, 3.05) is 12.3 Å². The van der Waals surface area contributed by atoms with Crippen molar-refractivity contribution in [1.82, 2.24) is 25.5 Å². The number of dihydropyridines is 1. The number of aryl methyl sites for hydroxylation is 1. The molecule has 4 atom stereocenters. The Hall–Kier alpha value is -3.65. The van der Waals surface area contributed by atoms with E-state index < -0.39 is 0 Å². The molecule has 5 aliphatic heterocycles. The van der Waals surface area contributed by atoms with Gasteiger partial charge < -0.3 is 25.3 Å². The van der Waals surface area contributed by atoms with Gasteiger partial charge in [0.25, 0.3) is 5.56 Å². The molecule has 0 bridgehead atoms. The van der Waals surface area contributed by atoms with Crippen LogP contribution in [0.4, 0.5) is 0 Å². The SMILES string of the molecule is C.C=C1C=CC2=C(CC[C@H](C)C2)N1.C=C1NC=C[C@@H]1C.CC1=CCCS1.C[C@@H]1CC=CNC1.C[C@H]1CC=CO1.Cn1ccncc1=O. The molecule has 7 nitrogen and oxygen atoms in total. The minimum Gasteiger partial charge on any atom is -0.498 e. The normalized spacial score (nSPS) is 24.0. The first-order valence-electron chi connectivity index (χ1n) is 16.5. The van der Waals surface area contributed by atoms with Crippen molar-refractivity contribution in [3.8, 4) is 0 Å². The molecular weight excluding hydrogens is 603 g/mol. The second-order valence-corrected chi connectivity index (χ2v) is 13.7. The van der Waals surface area contributed by atoms with Crippen molar-refractivity contribution in [2.24, 2.45) is 24.8 Å². The lowest BCUT2D eigenvalue weighted by Crippen LogP contribution is -2.20. The van der Waals surface area contributed by atoms with Crippen LogP contribution in [0.2, 0.25) is 0 Å². The number of nitrogens with one attached hydrogen (secondary N) is 3. The number of hydrogen-bond donors (Lipinski definition) is 3. The minimum atomic E-state index is -0.0764. The number of thioether (sulfide) groups is 1. The van der Waals surface area contributed by atoms with Crippen molar-refractivity contribution in [3.63, 3.8) is 0 Å². The van der Waals surface area contributed by atoms with Gasteiger partial charge in [-0.2, -0.15) is 0 Å². The third-order valence-corrected chi connectivity index (χ3v) is 8.81. The molecule has 47 heavy (non-hydrogen) atoms. The van der Waals surface area contributed by atoms with E-state index >= 15 is 0 Å². The molecule has 0 radical (unpaired) electrons. The maximum Gasteiger partial charge on any atom is 0.268 e. The second-order valence-electron chi connectivity index (χ2n) is 12.3. The summed E-state index contributed by atoms with van der Waals surface area (Å²) in [6.07, 6.45) is 30.8.